The molecule has 1 aromatic heterocycles. The summed E-state index contributed by atoms with van der Waals surface area (Å²) >= 11 is 5.81. The summed E-state index contributed by atoms with van der Waals surface area (Å²) in [6, 6.07) is 6.91. The quantitative estimate of drug-likeness (QED) is 0.862. The summed E-state index contributed by atoms with van der Waals surface area (Å²) in [4.78, 5) is 13.9. The smallest absolute Gasteiger partial charge is 0.253 e. The number of amides is 1. The predicted octanol–water partition coefficient (Wildman–Crippen LogP) is 2.83. The van der Waals surface area contributed by atoms with E-state index in [2.05, 4.69) is 5.10 Å². The molecule has 0 unspecified atom stereocenters. The van der Waals surface area contributed by atoms with E-state index in [0.717, 1.165) is 12.1 Å². The van der Waals surface area contributed by atoms with Crippen molar-refractivity contribution in [1.82, 2.24) is 14.7 Å². The van der Waals surface area contributed by atoms with Crippen LogP contribution in [0.15, 0.2) is 36.7 Å². The van der Waals surface area contributed by atoms with Gasteiger partial charge in [0.1, 0.15) is 0 Å². The molecule has 0 radical (unpaired) electrons. The van der Waals surface area contributed by atoms with Crippen LogP contribution in [0.5, 0.6) is 0 Å². The Morgan fingerprint density at radius 2 is 2.05 bits per heavy atom. The molecule has 0 spiro atoms. The summed E-state index contributed by atoms with van der Waals surface area (Å²) in [5.41, 5.74) is 1.65. The van der Waals surface area contributed by atoms with E-state index in [0.29, 0.717) is 17.1 Å². The van der Waals surface area contributed by atoms with Gasteiger partial charge in [-0.3, -0.25) is 9.48 Å². The number of aryl methyl sites for hydroxylation is 1. The monoisotopic (exact) mass is 277 g/mol. The lowest BCUT2D eigenvalue weighted by Crippen LogP contribution is -2.25. The lowest BCUT2D eigenvalue weighted by molar-refractivity contribution is 0.0785. The van der Waals surface area contributed by atoms with E-state index in [1.165, 1.54) is 0 Å². The number of hydrogen-bond donors (Lipinski definition) is 0. The fourth-order valence-electron chi connectivity index (χ4n) is 1.82. The van der Waals surface area contributed by atoms with E-state index < -0.39 is 0 Å². The van der Waals surface area contributed by atoms with Gasteiger partial charge in [-0.1, -0.05) is 11.6 Å². The average molecular weight is 278 g/mol. The van der Waals surface area contributed by atoms with Crippen molar-refractivity contribution < 1.29 is 4.79 Å². The Labute approximate surface area is 117 Å². The zero-order chi connectivity index (χ0) is 13.8. The minimum atomic E-state index is -0.0269. The maximum absolute atomic E-state index is 12.2. The molecule has 0 aliphatic heterocycles. The first-order valence-electron chi connectivity index (χ1n) is 6.12. The Hall–Kier alpha value is -1.81. The van der Waals surface area contributed by atoms with Crippen LogP contribution in [0.4, 0.5) is 0 Å². The van der Waals surface area contributed by atoms with E-state index in [1.54, 1.807) is 42.4 Å². The highest BCUT2D eigenvalue weighted by atomic mass is 35.5. The molecule has 0 N–H and O–H groups in total. The van der Waals surface area contributed by atoms with Crippen molar-refractivity contribution >= 4 is 17.5 Å². The van der Waals surface area contributed by atoms with Crippen LogP contribution >= 0.6 is 11.6 Å². The van der Waals surface area contributed by atoms with Crippen LogP contribution in [0, 0.1) is 0 Å². The maximum atomic E-state index is 12.2. The highest BCUT2D eigenvalue weighted by Crippen LogP contribution is 2.12. The molecule has 0 aliphatic carbocycles. The minimum Gasteiger partial charge on any atom is -0.337 e. The number of aromatic nitrogens is 2. The van der Waals surface area contributed by atoms with Crippen LogP contribution in [-0.2, 0) is 13.1 Å². The lowest BCUT2D eigenvalue weighted by Gasteiger charge is -2.16. The van der Waals surface area contributed by atoms with Crippen molar-refractivity contribution in [3.05, 3.63) is 52.8 Å². The van der Waals surface area contributed by atoms with E-state index in [4.69, 9.17) is 11.6 Å². The topological polar surface area (TPSA) is 38.1 Å². The molecule has 0 fully saturated rings. The second-order valence-corrected chi connectivity index (χ2v) is 4.81. The van der Waals surface area contributed by atoms with Gasteiger partial charge in [0, 0.05) is 42.5 Å². The Balaban J connectivity index is 2.04. The van der Waals surface area contributed by atoms with Gasteiger partial charge in [0.2, 0.25) is 0 Å². The molecule has 2 aromatic rings. The zero-order valence-corrected chi connectivity index (χ0v) is 11.8. The van der Waals surface area contributed by atoms with Gasteiger partial charge in [0.05, 0.1) is 6.20 Å². The third kappa shape index (κ3) is 3.35. The summed E-state index contributed by atoms with van der Waals surface area (Å²) in [7, 11) is 1.78. The Kier molecular flexibility index (Phi) is 4.22. The molecule has 0 saturated heterocycles. The number of carbonyl (C=O) groups excluding carboxylic acids is 1. The molecule has 4 nitrogen and oxygen atoms in total. The third-order valence-electron chi connectivity index (χ3n) is 2.87. The third-order valence-corrected chi connectivity index (χ3v) is 3.12. The molecular formula is C14H16ClN3O. The van der Waals surface area contributed by atoms with Crippen LogP contribution in [0.3, 0.4) is 0 Å². The fourth-order valence-corrected chi connectivity index (χ4v) is 1.95. The van der Waals surface area contributed by atoms with E-state index in [1.807, 2.05) is 17.8 Å². The van der Waals surface area contributed by atoms with Gasteiger partial charge in [-0.2, -0.15) is 5.10 Å². The summed E-state index contributed by atoms with van der Waals surface area (Å²) < 4.78 is 1.84. The average Bonchev–Trinajstić information content (AvgIpc) is 2.86. The van der Waals surface area contributed by atoms with Crippen molar-refractivity contribution in [2.24, 2.45) is 0 Å². The molecule has 100 valence electrons. The van der Waals surface area contributed by atoms with Crippen molar-refractivity contribution in [3.8, 4) is 0 Å². The largest absolute Gasteiger partial charge is 0.337 e. The van der Waals surface area contributed by atoms with Crippen molar-refractivity contribution in [1.29, 1.82) is 0 Å². The summed E-state index contributed by atoms with van der Waals surface area (Å²) in [5, 5.41) is 4.82. The molecule has 0 atom stereocenters. The molecule has 0 saturated carbocycles. The van der Waals surface area contributed by atoms with Crippen molar-refractivity contribution in [2.45, 2.75) is 20.0 Å². The number of halogens is 1. The van der Waals surface area contributed by atoms with E-state index >= 15 is 0 Å². The SMILES string of the molecule is CCn1cc(CN(C)C(=O)c2ccc(Cl)cc2)cn1. The second kappa shape index (κ2) is 5.89. The Bertz CT molecular complexity index is 562. The highest BCUT2D eigenvalue weighted by molar-refractivity contribution is 6.30. The van der Waals surface area contributed by atoms with Gasteiger partial charge >= 0.3 is 0 Å². The second-order valence-electron chi connectivity index (χ2n) is 4.37. The number of carbonyl (C=O) groups is 1. The number of hydrogen-bond acceptors (Lipinski definition) is 2. The number of rotatable bonds is 4. The number of benzene rings is 1. The van der Waals surface area contributed by atoms with Crippen LogP contribution in [0.1, 0.15) is 22.8 Å². The van der Waals surface area contributed by atoms with E-state index in [9.17, 15) is 4.79 Å². The highest BCUT2D eigenvalue weighted by Gasteiger charge is 2.12. The first kappa shape index (κ1) is 13.6. The van der Waals surface area contributed by atoms with Gasteiger partial charge in [0.25, 0.3) is 5.91 Å². The van der Waals surface area contributed by atoms with Gasteiger partial charge < -0.3 is 4.90 Å². The maximum Gasteiger partial charge on any atom is 0.253 e. The minimum absolute atomic E-state index is 0.0269. The van der Waals surface area contributed by atoms with Crippen LogP contribution < -0.4 is 0 Å². The normalized spacial score (nSPS) is 10.5. The zero-order valence-electron chi connectivity index (χ0n) is 11.0. The van der Waals surface area contributed by atoms with Gasteiger partial charge in [-0.25, -0.2) is 0 Å². The van der Waals surface area contributed by atoms with Crippen molar-refractivity contribution in [2.75, 3.05) is 7.05 Å². The Morgan fingerprint density at radius 1 is 1.37 bits per heavy atom. The summed E-state index contributed by atoms with van der Waals surface area (Å²) in [6.45, 7) is 3.40. The van der Waals surface area contributed by atoms with Crippen LogP contribution in [0.25, 0.3) is 0 Å². The molecule has 5 heteroatoms. The fraction of sp³-hybridized carbons (Fsp3) is 0.286. The molecule has 1 aromatic carbocycles. The van der Waals surface area contributed by atoms with Crippen molar-refractivity contribution in [3.63, 3.8) is 0 Å². The predicted molar refractivity (Wildman–Crippen MR) is 75.2 cm³/mol. The summed E-state index contributed by atoms with van der Waals surface area (Å²) in [6.07, 6.45) is 3.74. The van der Waals surface area contributed by atoms with Gasteiger partial charge in [-0.05, 0) is 31.2 Å². The first-order valence-corrected chi connectivity index (χ1v) is 6.50. The van der Waals surface area contributed by atoms with Crippen LogP contribution in [-0.4, -0.2) is 27.6 Å². The molecule has 0 aliphatic rings. The van der Waals surface area contributed by atoms with Crippen LogP contribution in [0.2, 0.25) is 5.02 Å². The van der Waals surface area contributed by atoms with Gasteiger partial charge in [0.15, 0.2) is 0 Å². The lowest BCUT2D eigenvalue weighted by atomic mass is 10.2. The standard InChI is InChI=1S/C14H16ClN3O/c1-3-18-10-11(8-16-18)9-17(2)14(19)12-4-6-13(15)7-5-12/h4-8,10H,3,9H2,1-2H3. The molecule has 19 heavy (non-hydrogen) atoms. The molecule has 1 heterocycles. The van der Waals surface area contributed by atoms with Gasteiger partial charge in [-0.15, -0.1) is 0 Å². The van der Waals surface area contributed by atoms with E-state index in [-0.39, 0.29) is 5.91 Å². The number of nitrogens with zero attached hydrogens (tertiary/aromatic N) is 3. The molecule has 2 rings (SSSR count). The molecular weight excluding hydrogens is 262 g/mol. The molecule has 0 bridgehead atoms. The first-order chi connectivity index (χ1) is 9.10. The Morgan fingerprint density at radius 3 is 2.63 bits per heavy atom. The molecule has 1 amide bonds. The summed E-state index contributed by atoms with van der Waals surface area (Å²) in [5.74, 6) is -0.0269.